The standard InChI is InChI=1S/C56H37N/c1-3-16-38(17-4-1)43-22-9-11-25-46(43)41-30-33-55-52(36-41)53-37-42(47-26-12-10-23-44(47)39-18-5-2-6-19-39)31-34-56(53)57(55)54-35-32-50(49-27-13-14-28-51(49)54)48-29-15-21-40-20-7-8-24-45(40)48/h1-37H. The summed E-state index contributed by atoms with van der Waals surface area (Å²) in [6.07, 6.45) is 0. The molecule has 1 nitrogen and oxygen atoms in total. The quantitative estimate of drug-likeness (QED) is 0.161. The van der Waals surface area contributed by atoms with Crippen molar-refractivity contribution in [3.05, 3.63) is 224 Å². The van der Waals surface area contributed by atoms with Crippen molar-refractivity contribution in [1.29, 1.82) is 0 Å². The molecule has 11 rings (SSSR count). The summed E-state index contributed by atoms with van der Waals surface area (Å²) >= 11 is 0. The van der Waals surface area contributed by atoms with E-state index in [1.807, 2.05) is 0 Å². The highest BCUT2D eigenvalue weighted by Gasteiger charge is 2.19. The molecule has 11 aromatic rings. The molecular weight excluding hydrogens is 687 g/mol. The van der Waals surface area contributed by atoms with E-state index in [2.05, 4.69) is 229 Å². The molecule has 0 radical (unpaired) electrons. The number of fused-ring (bicyclic) bond motifs is 5. The van der Waals surface area contributed by atoms with Gasteiger partial charge in [0.05, 0.1) is 16.7 Å². The maximum Gasteiger partial charge on any atom is 0.0541 e. The van der Waals surface area contributed by atoms with Crippen LogP contribution in [-0.2, 0) is 0 Å². The number of aromatic nitrogens is 1. The Balaban J connectivity index is 1.18. The molecule has 0 spiro atoms. The van der Waals surface area contributed by atoms with Crippen LogP contribution in [0.3, 0.4) is 0 Å². The van der Waals surface area contributed by atoms with Gasteiger partial charge in [0, 0.05) is 16.2 Å². The Bertz CT molecular complexity index is 3130. The summed E-state index contributed by atoms with van der Waals surface area (Å²) in [6.45, 7) is 0. The fourth-order valence-corrected chi connectivity index (χ4v) is 9.00. The summed E-state index contributed by atoms with van der Waals surface area (Å²) in [5.74, 6) is 0. The Morgan fingerprint density at radius 2 is 0.649 bits per heavy atom. The fraction of sp³-hybridized carbons (Fsp3) is 0. The van der Waals surface area contributed by atoms with Crippen molar-refractivity contribution in [2.45, 2.75) is 0 Å². The van der Waals surface area contributed by atoms with E-state index >= 15 is 0 Å². The summed E-state index contributed by atoms with van der Waals surface area (Å²) in [5, 5.41) is 7.43. The molecule has 10 aromatic carbocycles. The minimum atomic E-state index is 1.17. The number of benzene rings is 10. The largest absolute Gasteiger partial charge is 0.309 e. The highest BCUT2D eigenvalue weighted by atomic mass is 15.0. The van der Waals surface area contributed by atoms with Crippen molar-refractivity contribution in [2.24, 2.45) is 0 Å². The van der Waals surface area contributed by atoms with Crippen LogP contribution in [0.4, 0.5) is 0 Å². The molecular formula is C56H37N. The zero-order chi connectivity index (χ0) is 37.7. The van der Waals surface area contributed by atoms with Gasteiger partial charge in [-0.2, -0.15) is 0 Å². The van der Waals surface area contributed by atoms with Gasteiger partial charge in [0.1, 0.15) is 0 Å². The van der Waals surface area contributed by atoms with Gasteiger partial charge in [0.25, 0.3) is 0 Å². The maximum absolute atomic E-state index is 2.49. The van der Waals surface area contributed by atoms with Crippen LogP contribution in [0.5, 0.6) is 0 Å². The molecule has 0 fully saturated rings. The van der Waals surface area contributed by atoms with Crippen LogP contribution in [-0.4, -0.2) is 4.57 Å². The van der Waals surface area contributed by atoms with E-state index in [-0.39, 0.29) is 0 Å². The molecule has 0 saturated carbocycles. The van der Waals surface area contributed by atoms with Gasteiger partial charge in [-0.05, 0) is 102 Å². The van der Waals surface area contributed by atoms with Crippen molar-refractivity contribution in [3.63, 3.8) is 0 Å². The van der Waals surface area contributed by atoms with Crippen LogP contribution in [0.2, 0.25) is 0 Å². The van der Waals surface area contributed by atoms with Gasteiger partial charge in [-0.25, -0.2) is 0 Å². The predicted octanol–water partition coefficient (Wildman–Crippen LogP) is 15.4. The van der Waals surface area contributed by atoms with E-state index in [1.54, 1.807) is 0 Å². The van der Waals surface area contributed by atoms with Crippen LogP contribution in [0.1, 0.15) is 0 Å². The molecule has 1 aromatic heterocycles. The molecule has 0 unspecified atom stereocenters. The summed E-state index contributed by atoms with van der Waals surface area (Å²) in [6, 6.07) is 82.0. The second-order valence-corrected chi connectivity index (χ2v) is 14.8. The number of hydrogen-bond acceptors (Lipinski definition) is 0. The van der Waals surface area contributed by atoms with E-state index in [4.69, 9.17) is 0 Å². The van der Waals surface area contributed by atoms with E-state index < -0.39 is 0 Å². The molecule has 0 aliphatic heterocycles. The summed E-state index contributed by atoms with van der Waals surface area (Å²) in [7, 11) is 0. The van der Waals surface area contributed by atoms with Gasteiger partial charge in [-0.3, -0.25) is 0 Å². The predicted molar refractivity (Wildman–Crippen MR) is 243 cm³/mol. The summed E-state index contributed by atoms with van der Waals surface area (Å²) in [5.41, 5.74) is 15.8. The van der Waals surface area contributed by atoms with E-state index in [9.17, 15) is 0 Å². The Morgan fingerprint density at radius 3 is 1.23 bits per heavy atom. The molecule has 266 valence electrons. The third-order valence-corrected chi connectivity index (χ3v) is 11.6. The van der Waals surface area contributed by atoms with Crippen LogP contribution in [0, 0.1) is 0 Å². The lowest BCUT2D eigenvalue weighted by atomic mass is 9.92. The van der Waals surface area contributed by atoms with Gasteiger partial charge in [-0.1, -0.05) is 194 Å². The minimum Gasteiger partial charge on any atom is -0.309 e. The second kappa shape index (κ2) is 13.7. The highest BCUT2D eigenvalue weighted by molar-refractivity contribution is 6.14. The highest BCUT2D eigenvalue weighted by Crippen LogP contribution is 2.43. The monoisotopic (exact) mass is 723 g/mol. The van der Waals surface area contributed by atoms with Crippen molar-refractivity contribution in [1.82, 2.24) is 4.57 Å². The first-order valence-electron chi connectivity index (χ1n) is 19.7. The molecule has 0 atom stereocenters. The molecule has 1 heteroatoms. The second-order valence-electron chi connectivity index (χ2n) is 14.8. The molecule has 0 aliphatic carbocycles. The Hall–Kier alpha value is -7.48. The molecule has 1 heterocycles. The number of nitrogens with zero attached hydrogens (tertiary/aromatic N) is 1. The van der Waals surface area contributed by atoms with Gasteiger partial charge >= 0.3 is 0 Å². The minimum absolute atomic E-state index is 1.17. The zero-order valence-corrected chi connectivity index (χ0v) is 31.3. The first kappa shape index (κ1) is 32.9. The van der Waals surface area contributed by atoms with Gasteiger partial charge < -0.3 is 4.57 Å². The average molecular weight is 724 g/mol. The first-order valence-corrected chi connectivity index (χ1v) is 19.7. The lowest BCUT2D eigenvalue weighted by molar-refractivity contribution is 1.20. The molecule has 0 N–H and O–H groups in total. The topological polar surface area (TPSA) is 4.93 Å². The normalized spacial score (nSPS) is 11.5. The number of hydrogen-bond donors (Lipinski definition) is 0. The molecule has 0 amide bonds. The Labute approximate surface area is 332 Å². The van der Waals surface area contributed by atoms with Gasteiger partial charge in [0.2, 0.25) is 0 Å². The third-order valence-electron chi connectivity index (χ3n) is 11.6. The van der Waals surface area contributed by atoms with Crippen molar-refractivity contribution >= 4 is 43.4 Å². The zero-order valence-electron chi connectivity index (χ0n) is 31.3. The molecule has 0 aliphatic rings. The Kier molecular flexibility index (Phi) is 7.89. The fourth-order valence-electron chi connectivity index (χ4n) is 9.00. The lowest BCUT2D eigenvalue weighted by Gasteiger charge is -2.16. The molecule has 57 heavy (non-hydrogen) atoms. The van der Waals surface area contributed by atoms with E-state index in [1.165, 1.54) is 105 Å². The van der Waals surface area contributed by atoms with E-state index in [0.717, 1.165) is 0 Å². The summed E-state index contributed by atoms with van der Waals surface area (Å²) < 4.78 is 2.49. The molecule has 0 bridgehead atoms. The smallest absolute Gasteiger partial charge is 0.0541 e. The van der Waals surface area contributed by atoms with Crippen molar-refractivity contribution in [3.8, 4) is 61.3 Å². The SMILES string of the molecule is c1ccc(-c2ccccc2-c2ccc3c(c2)c2cc(-c4ccccc4-c4ccccc4)ccc2n3-c2ccc(-c3cccc4ccccc34)c3ccccc23)cc1. The van der Waals surface area contributed by atoms with E-state index in [0.29, 0.717) is 0 Å². The van der Waals surface area contributed by atoms with Crippen LogP contribution < -0.4 is 0 Å². The third kappa shape index (κ3) is 5.55. The van der Waals surface area contributed by atoms with Crippen LogP contribution in [0.25, 0.3) is 105 Å². The van der Waals surface area contributed by atoms with Crippen LogP contribution >= 0.6 is 0 Å². The number of rotatable bonds is 6. The van der Waals surface area contributed by atoms with Crippen molar-refractivity contribution < 1.29 is 0 Å². The summed E-state index contributed by atoms with van der Waals surface area (Å²) in [4.78, 5) is 0. The van der Waals surface area contributed by atoms with Crippen LogP contribution in [0.15, 0.2) is 224 Å². The Morgan fingerprint density at radius 1 is 0.228 bits per heavy atom. The lowest BCUT2D eigenvalue weighted by Crippen LogP contribution is -1.97. The maximum atomic E-state index is 2.49. The first-order chi connectivity index (χ1) is 28.3. The van der Waals surface area contributed by atoms with Crippen molar-refractivity contribution in [2.75, 3.05) is 0 Å². The average Bonchev–Trinajstić information content (AvgIpc) is 3.62. The molecule has 0 saturated heterocycles. The van der Waals surface area contributed by atoms with Gasteiger partial charge in [0.15, 0.2) is 0 Å². The van der Waals surface area contributed by atoms with Gasteiger partial charge in [-0.15, -0.1) is 0 Å².